The van der Waals surface area contributed by atoms with Crippen molar-refractivity contribution in [2.24, 2.45) is 11.1 Å². The van der Waals surface area contributed by atoms with Gasteiger partial charge in [0.15, 0.2) is 5.78 Å². The maximum Gasteiger partial charge on any atom is 0.205 e. The van der Waals surface area contributed by atoms with E-state index < -0.39 is 5.92 Å². The number of nitrogens with zero attached hydrogens (tertiary/aromatic N) is 3. The van der Waals surface area contributed by atoms with Gasteiger partial charge in [0.2, 0.25) is 5.88 Å². The maximum atomic E-state index is 12.8. The second-order valence-electron chi connectivity index (χ2n) is 7.55. The van der Waals surface area contributed by atoms with Crippen LogP contribution in [-0.4, -0.2) is 15.6 Å². The van der Waals surface area contributed by atoms with Gasteiger partial charge in [-0.05, 0) is 19.3 Å². The second-order valence-corrected chi connectivity index (χ2v) is 7.55. The Balaban J connectivity index is 2.14. The standard InChI is InChI=1S/C18H22N4O2/c1-10(2)22-9-11(8-21-22)15-12(7-19)17(20)24-14-6-18(3,4)5-13(23)16(14)15/h8-10,15H,5-6,20H2,1-4H3/t15-/m0/s1. The van der Waals surface area contributed by atoms with Gasteiger partial charge in [-0.2, -0.15) is 10.4 Å². The van der Waals surface area contributed by atoms with Crippen molar-refractivity contribution in [2.45, 2.75) is 52.5 Å². The van der Waals surface area contributed by atoms with Gasteiger partial charge in [0.1, 0.15) is 17.4 Å². The fourth-order valence-electron chi connectivity index (χ4n) is 3.40. The molecule has 0 fully saturated rings. The lowest BCUT2D eigenvalue weighted by atomic mass is 9.70. The monoisotopic (exact) mass is 326 g/mol. The van der Waals surface area contributed by atoms with E-state index >= 15 is 0 Å². The molecule has 0 amide bonds. The van der Waals surface area contributed by atoms with Crippen molar-refractivity contribution in [3.05, 3.63) is 40.7 Å². The van der Waals surface area contributed by atoms with Gasteiger partial charge in [-0.1, -0.05) is 13.8 Å². The Morgan fingerprint density at radius 2 is 2.17 bits per heavy atom. The summed E-state index contributed by atoms with van der Waals surface area (Å²) in [4.78, 5) is 12.8. The number of hydrogen-bond acceptors (Lipinski definition) is 5. The van der Waals surface area contributed by atoms with Crippen molar-refractivity contribution in [1.29, 1.82) is 5.26 Å². The summed E-state index contributed by atoms with van der Waals surface area (Å²) in [6.07, 6.45) is 4.64. The predicted octanol–water partition coefficient (Wildman–Crippen LogP) is 2.91. The third kappa shape index (κ3) is 2.60. The van der Waals surface area contributed by atoms with Gasteiger partial charge in [0.25, 0.3) is 0 Å². The number of carbonyl (C=O) groups excluding carboxylic acids is 1. The van der Waals surface area contributed by atoms with Gasteiger partial charge in [0, 0.05) is 36.2 Å². The Morgan fingerprint density at radius 1 is 1.46 bits per heavy atom. The number of nitrogens with two attached hydrogens (primary N) is 1. The Labute approximate surface area is 141 Å². The van der Waals surface area contributed by atoms with E-state index in [1.165, 1.54) is 0 Å². The number of Topliss-reactive ketones (excluding diaryl/α,β-unsaturated/α-hetero) is 1. The molecule has 0 bridgehead atoms. The van der Waals surface area contributed by atoms with Crippen LogP contribution in [0.1, 0.15) is 58.1 Å². The number of ether oxygens (including phenoxy) is 1. The Morgan fingerprint density at radius 3 is 2.75 bits per heavy atom. The Kier molecular flexibility index (Phi) is 3.75. The number of rotatable bonds is 2. The summed E-state index contributed by atoms with van der Waals surface area (Å²) >= 11 is 0. The van der Waals surface area contributed by atoms with Gasteiger partial charge in [-0.25, -0.2) is 0 Å². The van der Waals surface area contributed by atoms with Crippen molar-refractivity contribution in [1.82, 2.24) is 9.78 Å². The van der Waals surface area contributed by atoms with Crippen molar-refractivity contribution < 1.29 is 9.53 Å². The van der Waals surface area contributed by atoms with E-state index in [4.69, 9.17) is 10.5 Å². The number of ketones is 1. The molecule has 0 radical (unpaired) electrons. The highest BCUT2D eigenvalue weighted by Crippen LogP contribution is 2.47. The largest absolute Gasteiger partial charge is 0.444 e. The van der Waals surface area contributed by atoms with Crippen LogP contribution in [-0.2, 0) is 9.53 Å². The van der Waals surface area contributed by atoms with Gasteiger partial charge in [-0.15, -0.1) is 0 Å². The molecular weight excluding hydrogens is 304 g/mol. The molecule has 0 aromatic carbocycles. The Bertz CT molecular complexity index is 805. The summed E-state index contributed by atoms with van der Waals surface area (Å²) < 4.78 is 7.49. The molecule has 3 rings (SSSR count). The van der Waals surface area contributed by atoms with Crippen LogP contribution in [0.15, 0.2) is 35.2 Å². The molecule has 0 saturated carbocycles. The fraction of sp³-hybridized carbons (Fsp3) is 0.500. The minimum atomic E-state index is -0.491. The summed E-state index contributed by atoms with van der Waals surface area (Å²) in [6.45, 7) is 8.11. The third-order valence-electron chi connectivity index (χ3n) is 4.56. The number of nitriles is 1. The highest BCUT2D eigenvalue weighted by Gasteiger charge is 2.43. The molecule has 6 heteroatoms. The van der Waals surface area contributed by atoms with Crippen LogP contribution in [0, 0.1) is 16.7 Å². The van der Waals surface area contributed by atoms with E-state index in [9.17, 15) is 10.1 Å². The third-order valence-corrected chi connectivity index (χ3v) is 4.56. The SMILES string of the molecule is CC(C)n1cc([C@H]2C(C#N)=C(N)OC3=C2C(=O)CC(C)(C)C3)cn1. The molecule has 0 unspecified atom stereocenters. The number of aromatic nitrogens is 2. The highest BCUT2D eigenvalue weighted by atomic mass is 16.5. The lowest BCUT2D eigenvalue weighted by molar-refractivity contribution is -0.119. The van der Waals surface area contributed by atoms with E-state index in [0.29, 0.717) is 24.2 Å². The van der Waals surface area contributed by atoms with Gasteiger partial charge in [0.05, 0.1) is 12.1 Å². The molecule has 1 aromatic rings. The molecule has 0 spiro atoms. The molecule has 6 nitrogen and oxygen atoms in total. The molecule has 2 aliphatic rings. The zero-order valence-corrected chi connectivity index (χ0v) is 14.5. The lowest BCUT2D eigenvalue weighted by Gasteiger charge is -2.36. The van der Waals surface area contributed by atoms with Crippen LogP contribution >= 0.6 is 0 Å². The second kappa shape index (κ2) is 5.52. The topological polar surface area (TPSA) is 93.9 Å². The quantitative estimate of drug-likeness (QED) is 0.901. The molecule has 1 aliphatic carbocycles. The van der Waals surface area contributed by atoms with Gasteiger partial charge < -0.3 is 10.5 Å². The summed E-state index contributed by atoms with van der Waals surface area (Å²) in [5.41, 5.74) is 7.45. The number of carbonyl (C=O) groups is 1. The van der Waals surface area contributed by atoms with E-state index in [0.717, 1.165) is 5.56 Å². The molecule has 2 N–H and O–H groups in total. The van der Waals surface area contributed by atoms with Crippen LogP contribution in [0.4, 0.5) is 0 Å². The van der Waals surface area contributed by atoms with Crippen LogP contribution in [0.25, 0.3) is 0 Å². The predicted molar refractivity (Wildman–Crippen MR) is 88.3 cm³/mol. The van der Waals surface area contributed by atoms with Crippen LogP contribution in [0.2, 0.25) is 0 Å². The molecule has 1 aliphatic heterocycles. The molecule has 1 aromatic heterocycles. The molecule has 0 saturated heterocycles. The first kappa shape index (κ1) is 16.3. The maximum absolute atomic E-state index is 12.8. The summed E-state index contributed by atoms with van der Waals surface area (Å²) in [5, 5.41) is 13.9. The fourth-order valence-corrected chi connectivity index (χ4v) is 3.40. The summed E-state index contributed by atoms with van der Waals surface area (Å²) in [6, 6.07) is 2.32. The van der Waals surface area contributed by atoms with Crippen LogP contribution in [0.3, 0.4) is 0 Å². The van der Waals surface area contributed by atoms with Gasteiger partial charge >= 0.3 is 0 Å². The molecule has 1 atom stereocenters. The first-order valence-corrected chi connectivity index (χ1v) is 8.11. The van der Waals surface area contributed by atoms with Crippen molar-refractivity contribution >= 4 is 5.78 Å². The first-order chi connectivity index (χ1) is 11.2. The zero-order valence-electron chi connectivity index (χ0n) is 14.5. The van der Waals surface area contributed by atoms with Crippen molar-refractivity contribution in [2.75, 3.05) is 0 Å². The lowest BCUT2D eigenvalue weighted by Crippen LogP contribution is -2.33. The van der Waals surface area contributed by atoms with Crippen molar-refractivity contribution in [3.8, 4) is 6.07 Å². The summed E-state index contributed by atoms with van der Waals surface area (Å²) in [5.74, 6) is 0.206. The molecule has 24 heavy (non-hydrogen) atoms. The molecule has 126 valence electrons. The van der Waals surface area contributed by atoms with Crippen molar-refractivity contribution in [3.63, 3.8) is 0 Å². The van der Waals surface area contributed by atoms with Crippen LogP contribution < -0.4 is 5.73 Å². The van der Waals surface area contributed by atoms with E-state index in [-0.39, 0.29) is 28.7 Å². The summed E-state index contributed by atoms with van der Waals surface area (Å²) in [7, 11) is 0. The zero-order chi connectivity index (χ0) is 17.6. The number of allylic oxidation sites excluding steroid dienone is 3. The minimum Gasteiger partial charge on any atom is -0.444 e. The van der Waals surface area contributed by atoms with E-state index in [2.05, 4.69) is 11.2 Å². The van der Waals surface area contributed by atoms with Gasteiger partial charge in [-0.3, -0.25) is 9.48 Å². The van der Waals surface area contributed by atoms with Crippen LogP contribution in [0.5, 0.6) is 0 Å². The minimum absolute atomic E-state index is 0.0174. The smallest absolute Gasteiger partial charge is 0.205 e. The van der Waals surface area contributed by atoms with E-state index in [1.54, 1.807) is 6.20 Å². The first-order valence-electron chi connectivity index (χ1n) is 8.11. The Hall–Kier alpha value is -2.55. The molecule has 2 heterocycles. The normalized spacial score (nSPS) is 23.2. The highest BCUT2D eigenvalue weighted by molar-refractivity contribution is 6.00. The average Bonchev–Trinajstić information content (AvgIpc) is 2.94. The van der Waals surface area contributed by atoms with E-state index in [1.807, 2.05) is 38.6 Å². The number of hydrogen-bond donors (Lipinski definition) is 1. The molecular formula is C18H22N4O2. The average molecular weight is 326 g/mol.